The number of carbonyl (C=O) groups excluding carboxylic acids is 1. The molecule has 0 heterocycles. The summed E-state index contributed by atoms with van der Waals surface area (Å²) in [7, 11) is -13.0. The molecule has 2 amide bonds. The zero-order chi connectivity index (χ0) is 43.1. The minimum absolute atomic E-state index is 0. The molecule has 0 aromatic heterocycles. The van der Waals surface area contributed by atoms with E-state index in [-0.39, 0.29) is 130 Å². The number of hydrogen-bond donors (Lipinski definition) is 7. The maximum absolute atomic E-state index is 13.1. The number of urea groups is 1. The first-order valence-corrected chi connectivity index (χ1v) is 21.2. The molecular formula is C38H28KN6NaO13S3+2. The molecule has 0 saturated heterocycles. The Balaban J connectivity index is 0.00000363. The van der Waals surface area contributed by atoms with E-state index in [9.17, 15) is 53.9 Å². The number of aromatic hydroxyl groups is 2. The Bertz CT molecular complexity index is 3360. The van der Waals surface area contributed by atoms with Gasteiger partial charge in [0.25, 0.3) is 30.4 Å². The van der Waals surface area contributed by atoms with Crippen molar-refractivity contribution in [2.45, 2.75) is 14.7 Å². The summed E-state index contributed by atoms with van der Waals surface area (Å²) in [4.78, 5) is 11.2. The van der Waals surface area contributed by atoms with Crippen LogP contribution in [0.15, 0.2) is 144 Å². The van der Waals surface area contributed by atoms with Crippen LogP contribution in [0.1, 0.15) is 0 Å². The van der Waals surface area contributed by atoms with Crippen LogP contribution >= 0.6 is 0 Å². The standard InChI is InChI=1S/C38H28N6O13S3.K.Na/c1-57-31-5-3-2-4-30(31)42-44-35-33(60(54,55)56)19-23-16-25(10-13-29(23)37(35)46)40-38(47)39-24-9-12-28-22(15-24)18-32(59(51,52)53)34(36(28)45)43-41-26-8-6-21-17-27(58(48,49)50)11-7-20(21)14-26;;/h2-19,45-46H,1H3,(H2,39,40,47)(H,48,49,50)(H,51,52,53)(H,54,55,56);;/q;2*+1. The first-order valence-electron chi connectivity index (χ1n) is 16.9. The molecule has 0 saturated carbocycles. The number of ether oxygens (including phenoxy) is 1. The van der Waals surface area contributed by atoms with Crippen molar-refractivity contribution in [1.29, 1.82) is 0 Å². The summed E-state index contributed by atoms with van der Waals surface area (Å²) in [6, 6.07) is 23.9. The Morgan fingerprint density at radius 2 is 1.06 bits per heavy atom. The van der Waals surface area contributed by atoms with E-state index in [1.54, 1.807) is 18.2 Å². The van der Waals surface area contributed by atoms with E-state index in [0.717, 1.165) is 12.1 Å². The predicted molar refractivity (Wildman–Crippen MR) is 219 cm³/mol. The smallest absolute Gasteiger partial charge is 0.505 e. The Kier molecular flexibility index (Phi) is 15.0. The van der Waals surface area contributed by atoms with Gasteiger partial charge in [0.15, 0.2) is 11.5 Å². The van der Waals surface area contributed by atoms with Gasteiger partial charge >= 0.3 is 87.0 Å². The normalized spacial score (nSPS) is 12.1. The molecule has 0 spiro atoms. The first kappa shape index (κ1) is 48.6. The summed E-state index contributed by atoms with van der Waals surface area (Å²) in [6.07, 6.45) is 0. The molecule has 7 aromatic rings. The van der Waals surface area contributed by atoms with E-state index in [4.69, 9.17) is 4.74 Å². The molecule has 24 heteroatoms. The van der Waals surface area contributed by atoms with Gasteiger partial charge in [0.05, 0.1) is 17.7 Å². The van der Waals surface area contributed by atoms with Crippen LogP contribution in [0.3, 0.4) is 0 Å². The maximum Gasteiger partial charge on any atom is 1.00 e. The van der Waals surface area contributed by atoms with Crippen LogP contribution in [-0.4, -0.2) is 62.3 Å². The van der Waals surface area contributed by atoms with Crippen molar-refractivity contribution in [2.75, 3.05) is 17.7 Å². The number of phenols is 2. The Morgan fingerprint density at radius 1 is 0.565 bits per heavy atom. The van der Waals surface area contributed by atoms with Gasteiger partial charge in [-0.05, 0) is 106 Å². The number of fused-ring (bicyclic) bond motifs is 3. The van der Waals surface area contributed by atoms with Crippen LogP contribution in [0.5, 0.6) is 17.2 Å². The van der Waals surface area contributed by atoms with Gasteiger partial charge in [-0.1, -0.05) is 24.3 Å². The third kappa shape index (κ3) is 10.7. The molecule has 7 N–H and O–H groups in total. The SMILES string of the molecule is COc1ccccc1N=Nc1c(S(=O)(=O)O)cc2cc(NC(=O)Nc3ccc4c(O)c(N=Nc5ccc6cc(S(=O)(=O)O)ccc6c5)c(S(=O)(=O)O)cc4c3)ccc2c1O.[K+].[Na+]. The second-order valence-corrected chi connectivity index (χ2v) is 17.0. The number of rotatable bonds is 10. The summed E-state index contributed by atoms with van der Waals surface area (Å²) in [5.41, 5.74) is -0.567. The van der Waals surface area contributed by atoms with Crippen molar-refractivity contribution < 1.29 is 140 Å². The van der Waals surface area contributed by atoms with Gasteiger partial charge in [-0.25, -0.2) is 4.79 Å². The summed E-state index contributed by atoms with van der Waals surface area (Å²) < 4.78 is 107. The van der Waals surface area contributed by atoms with Crippen molar-refractivity contribution in [3.05, 3.63) is 109 Å². The molecule has 7 aromatic carbocycles. The number of nitrogens with zero attached hydrogens (tertiary/aromatic N) is 4. The Morgan fingerprint density at radius 3 is 1.58 bits per heavy atom. The van der Waals surface area contributed by atoms with E-state index < -0.39 is 69.1 Å². The molecule has 62 heavy (non-hydrogen) atoms. The number of benzene rings is 7. The van der Waals surface area contributed by atoms with Crippen LogP contribution in [0.4, 0.5) is 38.9 Å². The van der Waals surface area contributed by atoms with Crippen LogP contribution in [0, 0.1) is 0 Å². The zero-order valence-electron chi connectivity index (χ0n) is 32.4. The van der Waals surface area contributed by atoms with Crippen LogP contribution in [-0.2, 0) is 30.4 Å². The van der Waals surface area contributed by atoms with E-state index in [0.29, 0.717) is 16.5 Å². The molecular weight excluding hydrogens is 907 g/mol. The van der Waals surface area contributed by atoms with Gasteiger partial charge in [0.1, 0.15) is 32.6 Å². The fraction of sp³-hybridized carbons (Fsp3) is 0.0263. The van der Waals surface area contributed by atoms with Crippen molar-refractivity contribution in [1.82, 2.24) is 0 Å². The second kappa shape index (κ2) is 19.1. The van der Waals surface area contributed by atoms with Crippen LogP contribution < -0.4 is 96.3 Å². The summed E-state index contributed by atoms with van der Waals surface area (Å²) in [6.45, 7) is 0. The molecule has 0 atom stereocenters. The third-order valence-electron chi connectivity index (χ3n) is 8.88. The molecule has 0 aliphatic carbocycles. The van der Waals surface area contributed by atoms with Crippen molar-refractivity contribution in [3.8, 4) is 17.2 Å². The molecule has 0 bridgehead atoms. The van der Waals surface area contributed by atoms with Gasteiger partial charge in [-0.15, -0.1) is 15.3 Å². The van der Waals surface area contributed by atoms with Crippen LogP contribution in [0.2, 0.25) is 0 Å². The van der Waals surface area contributed by atoms with Crippen molar-refractivity contribution in [2.24, 2.45) is 20.5 Å². The van der Waals surface area contributed by atoms with Crippen LogP contribution in [0.25, 0.3) is 32.3 Å². The zero-order valence-corrected chi connectivity index (χ0v) is 40.0. The summed E-state index contributed by atoms with van der Waals surface area (Å²) >= 11 is 0. The van der Waals surface area contributed by atoms with Gasteiger partial charge in [-0.2, -0.15) is 30.4 Å². The molecule has 0 aliphatic heterocycles. The second-order valence-electron chi connectivity index (χ2n) is 12.8. The number of phenolic OH excluding ortho intramolecular Hbond substituents is 2. The monoisotopic (exact) mass is 934 g/mol. The van der Waals surface area contributed by atoms with E-state index in [1.165, 1.54) is 86.0 Å². The number of nitrogens with one attached hydrogen (secondary N) is 2. The first-order chi connectivity index (χ1) is 28.3. The molecule has 0 radical (unpaired) electrons. The minimum atomic E-state index is -5.02. The molecule has 306 valence electrons. The van der Waals surface area contributed by atoms with E-state index >= 15 is 0 Å². The summed E-state index contributed by atoms with van der Waals surface area (Å²) in [5.74, 6) is -0.992. The van der Waals surface area contributed by atoms with E-state index in [1.807, 2.05) is 0 Å². The largest absolute Gasteiger partial charge is 1.00 e. The molecule has 0 unspecified atom stereocenters. The van der Waals surface area contributed by atoms with Crippen molar-refractivity contribution >= 4 is 103 Å². The molecule has 0 aliphatic rings. The average molecular weight is 935 g/mol. The van der Waals surface area contributed by atoms with Gasteiger partial charge in [-0.3, -0.25) is 13.7 Å². The predicted octanol–water partition coefficient (Wildman–Crippen LogP) is 2.79. The number of carbonyl (C=O) groups is 1. The fourth-order valence-corrected chi connectivity index (χ4v) is 7.93. The Hall–Kier alpha value is -4.44. The maximum atomic E-state index is 13.1. The van der Waals surface area contributed by atoms with Gasteiger partial charge in [0.2, 0.25) is 0 Å². The molecule has 0 fully saturated rings. The van der Waals surface area contributed by atoms with Gasteiger partial charge in [0, 0.05) is 22.1 Å². The minimum Gasteiger partial charge on any atom is -0.505 e. The van der Waals surface area contributed by atoms with E-state index in [2.05, 4.69) is 31.1 Å². The number of azo groups is 2. The summed E-state index contributed by atoms with van der Waals surface area (Å²) in [5, 5.41) is 44.2. The van der Waals surface area contributed by atoms with Crippen molar-refractivity contribution in [3.63, 3.8) is 0 Å². The number of para-hydroxylation sites is 1. The average Bonchev–Trinajstić information content (AvgIpc) is 3.18. The molecule has 19 nitrogen and oxygen atoms in total. The fourth-order valence-electron chi connectivity index (χ4n) is 6.10. The van der Waals surface area contributed by atoms with Gasteiger partial charge < -0.3 is 25.6 Å². The quantitative estimate of drug-likeness (QED) is 0.0591. The number of hydrogen-bond acceptors (Lipinski definition) is 14. The molecule has 7 rings (SSSR count). The number of methoxy groups -OCH3 is 1. The third-order valence-corrected chi connectivity index (χ3v) is 11.5. The number of amides is 2. The Labute approximate surface area is 416 Å². The number of anilines is 2. The topological polar surface area (TPSA) is 303 Å².